The molecule has 4 nitrogen and oxygen atoms in total. The molecular weight excluding hydrogens is 293 g/mol. The number of nitrogens with zero attached hydrogens (tertiary/aromatic N) is 2. The molecule has 104 valence electrons. The standard InChI is InChI=1S/C12H7F3N2O2S/c13-12(14,15)7-1-2-10(17-6-7)20-8-3-4-16-9(5-8)11(18)19/h1-6H,(H,18,19). The van der Waals surface area contributed by atoms with Crippen molar-refractivity contribution in [3.05, 3.63) is 47.9 Å². The van der Waals surface area contributed by atoms with Crippen LogP contribution in [0.15, 0.2) is 46.6 Å². The third-order valence-electron chi connectivity index (χ3n) is 2.24. The first kappa shape index (κ1) is 14.3. The van der Waals surface area contributed by atoms with E-state index in [-0.39, 0.29) is 5.69 Å². The molecular formula is C12H7F3N2O2S. The topological polar surface area (TPSA) is 63.1 Å². The van der Waals surface area contributed by atoms with Gasteiger partial charge in [-0.15, -0.1) is 0 Å². The lowest BCUT2D eigenvalue weighted by Gasteiger charge is -2.06. The number of rotatable bonds is 3. The van der Waals surface area contributed by atoms with Crippen LogP contribution in [0, 0.1) is 0 Å². The number of carbonyl (C=O) groups is 1. The molecule has 0 spiro atoms. The van der Waals surface area contributed by atoms with Gasteiger partial charge in [-0.05, 0) is 24.3 Å². The van der Waals surface area contributed by atoms with Crippen LogP contribution in [0.2, 0.25) is 0 Å². The second kappa shape index (κ2) is 5.49. The molecule has 0 amide bonds. The van der Waals surface area contributed by atoms with E-state index in [1.165, 1.54) is 18.3 Å². The van der Waals surface area contributed by atoms with Crippen molar-refractivity contribution in [1.29, 1.82) is 0 Å². The minimum atomic E-state index is -4.43. The van der Waals surface area contributed by atoms with Crippen LogP contribution in [0.1, 0.15) is 16.1 Å². The SMILES string of the molecule is O=C(O)c1cc(Sc2ccc(C(F)(F)F)cn2)ccn1. The van der Waals surface area contributed by atoms with Crippen LogP contribution >= 0.6 is 11.8 Å². The van der Waals surface area contributed by atoms with Crippen molar-refractivity contribution in [2.24, 2.45) is 0 Å². The predicted octanol–water partition coefficient (Wildman–Crippen LogP) is 3.34. The molecule has 0 saturated heterocycles. The number of halogens is 3. The first-order valence-electron chi connectivity index (χ1n) is 5.27. The molecule has 20 heavy (non-hydrogen) atoms. The lowest BCUT2D eigenvalue weighted by Crippen LogP contribution is -2.05. The van der Waals surface area contributed by atoms with E-state index in [1.807, 2.05) is 0 Å². The Hall–Kier alpha value is -2.09. The molecule has 0 aliphatic heterocycles. The summed E-state index contributed by atoms with van der Waals surface area (Å²) >= 11 is 1.06. The van der Waals surface area contributed by atoms with Crippen LogP contribution in [0.4, 0.5) is 13.2 Å². The third kappa shape index (κ3) is 3.47. The lowest BCUT2D eigenvalue weighted by atomic mass is 10.3. The average molecular weight is 300 g/mol. The van der Waals surface area contributed by atoms with E-state index >= 15 is 0 Å². The van der Waals surface area contributed by atoms with Gasteiger partial charge in [0.05, 0.1) is 5.56 Å². The van der Waals surface area contributed by atoms with Crippen molar-refractivity contribution in [1.82, 2.24) is 9.97 Å². The van der Waals surface area contributed by atoms with Gasteiger partial charge < -0.3 is 5.11 Å². The maximum absolute atomic E-state index is 12.4. The number of carboxylic acids is 1. The van der Waals surface area contributed by atoms with Crippen LogP contribution in [-0.2, 0) is 6.18 Å². The molecule has 2 aromatic rings. The van der Waals surface area contributed by atoms with Gasteiger partial charge >= 0.3 is 12.1 Å². The van der Waals surface area contributed by atoms with Gasteiger partial charge in [0, 0.05) is 17.3 Å². The van der Waals surface area contributed by atoms with E-state index in [4.69, 9.17) is 5.11 Å². The maximum atomic E-state index is 12.4. The maximum Gasteiger partial charge on any atom is 0.417 e. The number of aromatic carboxylic acids is 1. The zero-order chi connectivity index (χ0) is 14.8. The van der Waals surface area contributed by atoms with Gasteiger partial charge in [0.1, 0.15) is 10.7 Å². The van der Waals surface area contributed by atoms with Crippen LogP contribution in [0.3, 0.4) is 0 Å². The largest absolute Gasteiger partial charge is 0.477 e. The normalized spacial score (nSPS) is 11.3. The van der Waals surface area contributed by atoms with Crippen LogP contribution in [-0.4, -0.2) is 21.0 Å². The molecule has 0 aliphatic rings. The number of carboxylic acid groups (broad SMARTS) is 1. The lowest BCUT2D eigenvalue weighted by molar-refractivity contribution is -0.137. The number of pyridine rings is 2. The molecule has 0 bridgehead atoms. The van der Waals surface area contributed by atoms with E-state index in [0.717, 1.165) is 24.0 Å². The highest BCUT2D eigenvalue weighted by molar-refractivity contribution is 7.99. The molecule has 1 N–H and O–H groups in total. The average Bonchev–Trinajstić information content (AvgIpc) is 2.38. The molecule has 0 unspecified atom stereocenters. The summed E-state index contributed by atoms with van der Waals surface area (Å²) < 4.78 is 37.1. The van der Waals surface area contributed by atoms with Gasteiger partial charge in [0.2, 0.25) is 0 Å². The van der Waals surface area contributed by atoms with Crippen molar-refractivity contribution >= 4 is 17.7 Å². The van der Waals surface area contributed by atoms with Crippen molar-refractivity contribution in [2.75, 3.05) is 0 Å². The summed E-state index contributed by atoms with van der Waals surface area (Å²) in [6, 6.07) is 5.03. The van der Waals surface area contributed by atoms with Crippen molar-refractivity contribution in [2.45, 2.75) is 16.1 Å². The summed E-state index contributed by atoms with van der Waals surface area (Å²) in [7, 11) is 0. The molecule has 0 atom stereocenters. The Bertz CT molecular complexity index is 629. The van der Waals surface area contributed by atoms with Gasteiger partial charge in [-0.2, -0.15) is 13.2 Å². The highest BCUT2D eigenvalue weighted by Gasteiger charge is 2.30. The predicted molar refractivity (Wildman–Crippen MR) is 64.6 cm³/mol. The van der Waals surface area contributed by atoms with Gasteiger partial charge in [-0.3, -0.25) is 0 Å². The molecule has 0 aromatic carbocycles. The Kier molecular flexibility index (Phi) is 3.93. The van der Waals surface area contributed by atoms with Gasteiger partial charge in [0.15, 0.2) is 0 Å². The van der Waals surface area contributed by atoms with Crippen molar-refractivity contribution in [3.8, 4) is 0 Å². The van der Waals surface area contributed by atoms with Crippen LogP contribution in [0.25, 0.3) is 0 Å². The van der Waals surface area contributed by atoms with Gasteiger partial charge in [0.25, 0.3) is 0 Å². The Morgan fingerprint density at radius 1 is 1.20 bits per heavy atom. The third-order valence-corrected chi connectivity index (χ3v) is 3.18. The molecule has 0 fully saturated rings. The minimum absolute atomic E-state index is 0.137. The summed E-state index contributed by atoms with van der Waals surface area (Å²) in [5, 5.41) is 9.12. The second-order valence-corrected chi connectivity index (χ2v) is 4.76. The Labute approximate surface area is 115 Å². The van der Waals surface area contributed by atoms with E-state index in [9.17, 15) is 18.0 Å². The molecule has 0 radical (unpaired) electrons. The monoisotopic (exact) mass is 300 g/mol. The number of alkyl halides is 3. The fourth-order valence-corrected chi connectivity index (χ4v) is 2.10. The summed E-state index contributed by atoms with van der Waals surface area (Å²) in [5.41, 5.74) is -0.968. The van der Waals surface area contributed by atoms with Gasteiger partial charge in [-0.25, -0.2) is 14.8 Å². The van der Waals surface area contributed by atoms with E-state index in [0.29, 0.717) is 9.92 Å². The zero-order valence-corrected chi connectivity index (χ0v) is 10.6. The molecule has 2 heterocycles. The highest BCUT2D eigenvalue weighted by atomic mass is 32.2. The minimum Gasteiger partial charge on any atom is -0.477 e. The Morgan fingerprint density at radius 3 is 2.50 bits per heavy atom. The quantitative estimate of drug-likeness (QED) is 0.942. The van der Waals surface area contributed by atoms with E-state index in [2.05, 4.69) is 9.97 Å². The number of hydrogen-bond acceptors (Lipinski definition) is 4. The smallest absolute Gasteiger partial charge is 0.417 e. The molecule has 0 saturated carbocycles. The molecule has 8 heteroatoms. The molecule has 2 rings (SSSR count). The highest BCUT2D eigenvalue weighted by Crippen LogP contribution is 2.31. The fraction of sp³-hybridized carbons (Fsp3) is 0.0833. The Balaban J connectivity index is 2.18. The van der Waals surface area contributed by atoms with Crippen LogP contribution < -0.4 is 0 Å². The van der Waals surface area contributed by atoms with Gasteiger partial charge in [-0.1, -0.05) is 11.8 Å². The number of aromatic nitrogens is 2. The Morgan fingerprint density at radius 2 is 1.95 bits per heavy atom. The van der Waals surface area contributed by atoms with E-state index < -0.39 is 17.7 Å². The van der Waals surface area contributed by atoms with E-state index in [1.54, 1.807) is 6.07 Å². The zero-order valence-electron chi connectivity index (χ0n) is 9.76. The number of hydrogen-bond donors (Lipinski definition) is 1. The summed E-state index contributed by atoms with van der Waals surface area (Å²) in [6.07, 6.45) is -2.37. The van der Waals surface area contributed by atoms with Crippen molar-refractivity contribution in [3.63, 3.8) is 0 Å². The first-order chi connectivity index (χ1) is 9.36. The second-order valence-electron chi connectivity index (χ2n) is 3.67. The summed E-state index contributed by atoms with van der Waals surface area (Å²) in [6.45, 7) is 0. The summed E-state index contributed by atoms with van der Waals surface area (Å²) in [4.78, 5) is 18.6. The molecule has 2 aromatic heterocycles. The van der Waals surface area contributed by atoms with Crippen molar-refractivity contribution < 1.29 is 23.1 Å². The summed E-state index contributed by atoms with van der Waals surface area (Å²) in [5.74, 6) is -1.17. The van der Waals surface area contributed by atoms with Crippen LogP contribution in [0.5, 0.6) is 0 Å². The fourth-order valence-electron chi connectivity index (χ4n) is 1.32. The first-order valence-corrected chi connectivity index (χ1v) is 6.08. The molecule has 0 aliphatic carbocycles.